The molecule has 1 aromatic carbocycles. The second kappa shape index (κ2) is 12.7. The van der Waals surface area contributed by atoms with Gasteiger partial charge in [-0.25, -0.2) is 0 Å². The van der Waals surface area contributed by atoms with E-state index in [1.807, 2.05) is 37.3 Å². The van der Waals surface area contributed by atoms with Gasteiger partial charge in [-0.1, -0.05) is 0 Å². The van der Waals surface area contributed by atoms with Crippen LogP contribution in [0.3, 0.4) is 0 Å². The van der Waals surface area contributed by atoms with Crippen molar-refractivity contribution in [1.82, 2.24) is 10.2 Å². The van der Waals surface area contributed by atoms with Gasteiger partial charge in [0.15, 0.2) is 17.5 Å². The molecule has 1 aliphatic rings. The molecule has 2 N–H and O–H groups in total. The summed E-state index contributed by atoms with van der Waals surface area (Å²) in [5.74, 6) is 3.12. The molecule has 1 aromatic heterocycles. The Bertz CT molecular complexity index is 777. The first kappa shape index (κ1) is 24.3. The van der Waals surface area contributed by atoms with Gasteiger partial charge in [-0.15, -0.1) is 24.0 Å². The van der Waals surface area contributed by atoms with Gasteiger partial charge in [0.2, 0.25) is 0 Å². The second-order valence-corrected chi connectivity index (χ2v) is 6.92. The summed E-state index contributed by atoms with van der Waals surface area (Å²) in [6.45, 7) is 8.17. The van der Waals surface area contributed by atoms with Gasteiger partial charge in [0.1, 0.15) is 5.76 Å². The van der Waals surface area contributed by atoms with Crippen molar-refractivity contribution in [2.45, 2.75) is 32.7 Å². The first-order chi connectivity index (χ1) is 14.2. The van der Waals surface area contributed by atoms with Crippen LogP contribution in [0.5, 0.6) is 11.5 Å². The topological polar surface area (TPSA) is 71.3 Å². The average Bonchev–Trinajstić information content (AvgIpc) is 3.44. The molecule has 7 nitrogen and oxygen atoms in total. The largest absolute Gasteiger partial charge is 0.493 e. The number of halogens is 1. The zero-order chi connectivity index (χ0) is 20.5. The van der Waals surface area contributed by atoms with Crippen molar-refractivity contribution in [1.29, 1.82) is 0 Å². The summed E-state index contributed by atoms with van der Waals surface area (Å²) in [6, 6.07) is 9.92. The van der Waals surface area contributed by atoms with Crippen molar-refractivity contribution in [3.8, 4) is 11.5 Å². The van der Waals surface area contributed by atoms with E-state index < -0.39 is 0 Å². The number of likely N-dealkylation sites (tertiary alicyclic amines) is 1. The van der Waals surface area contributed by atoms with E-state index in [1.165, 1.54) is 12.8 Å². The van der Waals surface area contributed by atoms with E-state index in [0.717, 1.165) is 42.8 Å². The monoisotopic (exact) mass is 528 g/mol. The lowest BCUT2D eigenvalue weighted by atomic mass is 10.2. The predicted octanol–water partition coefficient (Wildman–Crippen LogP) is 4.52. The molecule has 0 aliphatic carbocycles. The molecule has 1 unspecified atom stereocenters. The molecular weight excluding hydrogens is 495 g/mol. The van der Waals surface area contributed by atoms with Gasteiger partial charge >= 0.3 is 0 Å². The van der Waals surface area contributed by atoms with Crippen LogP contribution in [0, 0.1) is 0 Å². The summed E-state index contributed by atoms with van der Waals surface area (Å²) in [5.41, 5.74) is 0.890. The maximum Gasteiger partial charge on any atom is 0.195 e. The molecule has 0 radical (unpaired) electrons. The highest BCUT2D eigenvalue weighted by atomic mass is 127. The molecule has 30 heavy (non-hydrogen) atoms. The summed E-state index contributed by atoms with van der Waals surface area (Å²) in [6.07, 6.45) is 4.19. The number of nitrogens with one attached hydrogen (secondary N) is 2. The van der Waals surface area contributed by atoms with Crippen LogP contribution in [0.25, 0.3) is 0 Å². The van der Waals surface area contributed by atoms with Gasteiger partial charge in [0.25, 0.3) is 0 Å². The SMILES string of the molecule is CCNC(=NCC(c1ccco1)N1CCCC1)Nc1ccc(OCC)c(OC)c1.I. The molecular formula is C22H33IN4O3. The highest BCUT2D eigenvalue weighted by Gasteiger charge is 2.25. The lowest BCUT2D eigenvalue weighted by molar-refractivity contribution is 0.221. The third-order valence-electron chi connectivity index (χ3n) is 4.95. The minimum Gasteiger partial charge on any atom is -0.493 e. The van der Waals surface area contributed by atoms with Crippen LogP contribution < -0.4 is 20.1 Å². The van der Waals surface area contributed by atoms with Crippen LogP contribution in [-0.4, -0.2) is 50.8 Å². The standard InChI is InChI=1S/C22H32N4O3.HI/c1-4-23-22(25-17-10-11-20(28-5-2)21(15-17)27-3)24-16-18(19-9-8-14-29-19)26-12-6-7-13-26;/h8-11,14-15,18H,4-7,12-13,16H2,1-3H3,(H2,23,24,25);1H. The lowest BCUT2D eigenvalue weighted by Crippen LogP contribution is -2.33. The van der Waals surface area contributed by atoms with Gasteiger partial charge in [-0.2, -0.15) is 0 Å². The molecule has 166 valence electrons. The molecule has 0 bridgehead atoms. The molecule has 8 heteroatoms. The van der Waals surface area contributed by atoms with E-state index in [4.69, 9.17) is 18.9 Å². The van der Waals surface area contributed by atoms with Crippen LogP contribution in [0.2, 0.25) is 0 Å². The van der Waals surface area contributed by atoms with Crippen LogP contribution in [0.15, 0.2) is 46.0 Å². The number of benzene rings is 1. The highest BCUT2D eigenvalue weighted by molar-refractivity contribution is 14.0. The summed E-state index contributed by atoms with van der Waals surface area (Å²) in [5, 5.41) is 6.69. The van der Waals surface area contributed by atoms with Crippen molar-refractivity contribution >= 4 is 35.6 Å². The number of ether oxygens (including phenoxy) is 2. The first-order valence-electron chi connectivity index (χ1n) is 10.4. The van der Waals surface area contributed by atoms with Crippen LogP contribution in [0.1, 0.15) is 38.5 Å². The summed E-state index contributed by atoms with van der Waals surface area (Å²) >= 11 is 0. The molecule has 1 atom stereocenters. The van der Waals surface area contributed by atoms with E-state index in [0.29, 0.717) is 18.9 Å². The minimum atomic E-state index is 0. The van der Waals surface area contributed by atoms with Crippen molar-refractivity contribution in [3.05, 3.63) is 42.4 Å². The van der Waals surface area contributed by atoms with Gasteiger partial charge < -0.3 is 24.5 Å². The lowest BCUT2D eigenvalue weighted by Gasteiger charge is -2.24. The smallest absolute Gasteiger partial charge is 0.195 e. The van der Waals surface area contributed by atoms with E-state index in [-0.39, 0.29) is 30.0 Å². The molecule has 0 spiro atoms. The van der Waals surface area contributed by atoms with E-state index >= 15 is 0 Å². The van der Waals surface area contributed by atoms with Crippen LogP contribution in [-0.2, 0) is 0 Å². The Morgan fingerprint density at radius 2 is 2.00 bits per heavy atom. The normalized spacial score (nSPS) is 15.4. The van der Waals surface area contributed by atoms with E-state index in [9.17, 15) is 0 Å². The number of guanidine groups is 1. The van der Waals surface area contributed by atoms with Crippen LogP contribution >= 0.6 is 24.0 Å². The maximum atomic E-state index is 5.70. The number of rotatable bonds is 9. The van der Waals surface area contributed by atoms with Crippen molar-refractivity contribution in [3.63, 3.8) is 0 Å². The number of nitrogens with zero attached hydrogens (tertiary/aromatic N) is 2. The van der Waals surface area contributed by atoms with E-state index in [1.54, 1.807) is 13.4 Å². The average molecular weight is 528 g/mol. The third-order valence-corrected chi connectivity index (χ3v) is 4.95. The molecule has 0 saturated carbocycles. The van der Waals surface area contributed by atoms with Crippen molar-refractivity contribution in [2.24, 2.45) is 4.99 Å². The first-order valence-corrected chi connectivity index (χ1v) is 10.4. The molecule has 1 aliphatic heterocycles. The van der Waals surface area contributed by atoms with Crippen molar-refractivity contribution < 1.29 is 13.9 Å². The van der Waals surface area contributed by atoms with Gasteiger partial charge in [0.05, 0.1) is 32.6 Å². The van der Waals surface area contributed by atoms with Crippen molar-refractivity contribution in [2.75, 3.05) is 45.2 Å². The highest BCUT2D eigenvalue weighted by Crippen LogP contribution is 2.30. The fourth-order valence-corrected chi connectivity index (χ4v) is 3.56. The molecule has 2 aromatic rings. The summed E-state index contributed by atoms with van der Waals surface area (Å²) in [4.78, 5) is 7.29. The molecule has 0 amide bonds. The molecule has 2 heterocycles. The fraction of sp³-hybridized carbons (Fsp3) is 0.500. The zero-order valence-electron chi connectivity index (χ0n) is 18.0. The predicted molar refractivity (Wildman–Crippen MR) is 131 cm³/mol. The number of anilines is 1. The second-order valence-electron chi connectivity index (χ2n) is 6.92. The number of hydrogen-bond donors (Lipinski definition) is 2. The number of aliphatic imine (C=N–C) groups is 1. The Balaban J connectivity index is 0.00000320. The van der Waals surface area contributed by atoms with E-state index in [2.05, 4.69) is 22.5 Å². The fourth-order valence-electron chi connectivity index (χ4n) is 3.56. The maximum absolute atomic E-state index is 5.70. The molecule has 1 saturated heterocycles. The van der Waals surface area contributed by atoms with Gasteiger partial charge in [0, 0.05) is 18.3 Å². The Morgan fingerprint density at radius 1 is 1.20 bits per heavy atom. The minimum absolute atomic E-state index is 0. The Hall–Kier alpha value is -1.94. The molecule has 3 rings (SSSR count). The summed E-state index contributed by atoms with van der Waals surface area (Å²) < 4.78 is 16.8. The number of hydrogen-bond acceptors (Lipinski definition) is 5. The van der Waals surface area contributed by atoms with Gasteiger partial charge in [-0.3, -0.25) is 9.89 Å². The van der Waals surface area contributed by atoms with Crippen LogP contribution in [0.4, 0.5) is 5.69 Å². The Kier molecular flexibility index (Phi) is 10.3. The zero-order valence-corrected chi connectivity index (χ0v) is 20.3. The number of furan rings is 1. The third kappa shape index (κ3) is 6.53. The number of methoxy groups -OCH3 is 1. The quantitative estimate of drug-likeness (QED) is 0.284. The molecule has 1 fully saturated rings. The Labute approximate surface area is 196 Å². The summed E-state index contributed by atoms with van der Waals surface area (Å²) in [7, 11) is 1.64. The van der Waals surface area contributed by atoms with Gasteiger partial charge in [-0.05, 0) is 64.0 Å². The Morgan fingerprint density at radius 3 is 2.63 bits per heavy atom.